The van der Waals surface area contributed by atoms with Gasteiger partial charge in [0.25, 0.3) is 0 Å². The molecule has 0 saturated carbocycles. The summed E-state index contributed by atoms with van der Waals surface area (Å²) in [5.41, 5.74) is 2.31. The van der Waals surface area contributed by atoms with E-state index in [9.17, 15) is 0 Å². The molecule has 4 nitrogen and oxygen atoms in total. The quantitative estimate of drug-likeness (QED) is 0.911. The normalized spacial score (nSPS) is 9.81. The van der Waals surface area contributed by atoms with Crippen molar-refractivity contribution in [2.75, 3.05) is 19.5 Å². The Morgan fingerprint density at radius 2 is 1.86 bits per heavy atom. The van der Waals surface area contributed by atoms with Gasteiger partial charge in [0.2, 0.25) is 0 Å². The molecule has 0 fully saturated rings. The first-order chi connectivity index (χ1) is 10.2. The fraction of sp³-hybridized carbons (Fsp3) is 0.188. The zero-order chi connectivity index (χ0) is 15.2. The lowest BCUT2D eigenvalue weighted by molar-refractivity contribution is 0.404. The maximum Gasteiger partial charge on any atom is 0.143 e. The van der Waals surface area contributed by atoms with Gasteiger partial charge in [0.15, 0.2) is 0 Å². The fourth-order valence-electron chi connectivity index (χ4n) is 1.97. The summed E-state index contributed by atoms with van der Waals surface area (Å²) in [5.74, 6) is 1.18. The first-order valence-corrected chi connectivity index (χ1v) is 6.70. The van der Waals surface area contributed by atoms with Crippen molar-refractivity contribution in [2.45, 2.75) is 6.54 Å². The highest BCUT2D eigenvalue weighted by atomic mass is 35.5. The van der Waals surface area contributed by atoms with Gasteiger partial charge in [0.1, 0.15) is 11.5 Å². The maximum absolute atomic E-state index is 9.10. The summed E-state index contributed by atoms with van der Waals surface area (Å²) in [6.07, 6.45) is 0. The third kappa shape index (κ3) is 3.39. The number of nitrogens with one attached hydrogen (secondary N) is 1. The van der Waals surface area contributed by atoms with Gasteiger partial charge in [0.05, 0.1) is 36.6 Å². The smallest absolute Gasteiger partial charge is 0.143 e. The van der Waals surface area contributed by atoms with Crippen LogP contribution in [0.25, 0.3) is 0 Å². The highest BCUT2D eigenvalue weighted by Gasteiger charge is 2.10. The van der Waals surface area contributed by atoms with E-state index in [1.807, 2.05) is 18.2 Å². The number of hydrogen-bond acceptors (Lipinski definition) is 4. The molecule has 2 aromatic carbocycles. The first-order valence-electron chi connectivity index (χ1n) is 6.33. The molecule has 0 aliphatic carbocycles. The summed E-state index contributed by atoms with van der Waals surface area (Å²) in [4.78, 5) is 0. The molecule has 0 unspecified atom stereocenters. The SMILES string of the molecule is COc1cc(NCc2ccccc2C#N)c(OC)cc1Cl. The van der Waals surface area contributed by atoms with Crippen molar-refractivity contribution < 1.29 is 9.47 Å². The van der Waals surface area contributed by atoms with Crippen molar-refractivity contribution in [3.8, 4) is 17.6 Å². The van der Waals surface area contributed by atoms with Crippen LogP contribution in [0.1, 0.15) is 11.1 Å². The molecule has 0 saturated heterocycles. The molecule has 5 heteroatoms. The largest absolute Gasteiger partial charge is 0.495 e. The molecule has 0 aromatic heterocycles. The zero-order valence-corrected chi connectivity index (χ0v) is 12.6. The molecule has 0 radical (unpaired) electrons. The number of halogens is 1. The lowest BCUT2D eigenvalue weighted by Crippen LogP contribution is -2.03. The summed E-state index contributed by atoms with van der Waals surface area (Å²) in [6, 6.07) is 13.1. The molecule has 0 bridgehead atoms. The van der Waals surface area contributed by atoms with Crippen molar-refractivity contribution in [3.63, 3.8) is 0 Å². The number of benzene rings is 2. The Kier molecular flexibility index (Phi) is 4.91. The van der Waals surface area contributed by atoms with Crippen molar-refractivity contribution in [3.05, 3.63) is 52.5 Å². The molecule has 108 valence electrons. The standard InChI is InChI=1S/C16H15ClN2O2/c1-20-15-8-14(16(21-2)7-13(15)17)19-10-12-6-4-3-5-11(12)9-18/h3-8,19H,10H2,1-2H3. The third-order valence-corrected chi connectivity index (χ3v) is 3.38. The van der Waals surface area contributed by atoms with Crippen LogP contribution in [0.2, 0.25) is 5.02 Å². The van der Waals surface area contributed by atoms with Crippen LogP contribution < -0.4 is 14.8 Å². The summed E-state index contributed by atoms with van der Waals surface area (Å²) in [5, 5.41) is 12.8. The van der Waals surface area contributed by atoms with Gasteiger partial charge >= 0.3 is 0 Å². The summed E-state index contributed by atoms with van der Waals surface area (Å²) in [7, 11) is 3.13. The van der Waals surface area contributed by atoms with Gasteiger partial charge < -0.3 is 14.8 Å². The van der Waals surface area contributed by atoms with Gasteiger partial charge in [-0.25, -0.2) is 0 Å². The molecule has 0 spiro atoms. The average molecular weight is 303 g/mol. The van der Waals surface area contributed by atoms with E-state index >= 15 is 0 Å². The number of ether oxygens (including phenoxy) is 2. The molecule has 0 amide bonds. The second-order valence-electron chi connectivity index (χ2n) is 4.31. The molecule has 0 aliphatic heterocycles. The lowest BCUT2D eigenvalue weighted by Gasteiger charge is -2.14. The van der Waals surface area contributed by atoms with Crippen LogP contribution in [0.15, 0.2) is 36.4 Å². The van der Waals surface area contributed by atoms with E-state index in [1.54, 1.807) is 32.4 Å². The molecule has 0 heterocycles. The Labute approximate surface area is 128 Å². The van der Waals surface area contributed by atoms with Gasteiger partial charge in [-0.3, -0.25) is 0 Å². The van der Waals surface area contributed by atoms with E-state index < -0.39 is 0 Å². The molecular weight excluding hydrogens is 288 g/mol. The Hall–Kier alpha value is -2.38. The first kappa shape index (κ1) is 15.0. The Morgan fingerprint density at radius 3 is 2.52 bits per heavy atom. The molecule has 2 aromatic rings. The van der Waals surface area contributed by atoms with Crippen LogP contribution in [-0.4, -0.2) is 14.2 Å². The average Bonchev–Trinajstić information content (AvgIpc) is 2.53. The van der Waals surface area contributed by atoms with Gasteiger partial charge in [-0.05, 0) is 11.6 Å². The molecule has 21 heavy (non-hydrogen) atoms. The topological polar surface area (TPSA) is 54.3 Å². The predicted octanol–water partition coefficient (Wildman–Crippen LogP) is 3.84. The molecule has 0 aliphatic rings. The van der Waals surface area contributed by atoms with Crippen LogP contribution in [0, 0.1) is 11.3 Å². The minimum Gasteiger partial charge on any atom is -0.495 e. The summed E-state index contributed by atoms with van der Waals surface area (Å²) < 4.78 is 10.5. The zero-order valence-electron chi connectivity index (χ0n) is 11.8. The van der Waals surface area contributed by atoms with Gasteiger partial charge in [-0.2, -0.15) is 5.26 Å². The van der Waals surface area contributed by atoms with E-state index in [-0.39, 0.29) is 0 Å². The Morgan fingerprint density at radius 1 is 1.14 bits per heavy atom. The van der Waals surface area contributed by atoms with E-state index in [4.69, 9.17) is 26.3 Å². The fourth-order valence-corrected chi connectivity index (χ4v) is 2.20. The second-order valence-corrected chi connectivity index (χ2v) is 4.72. The van der Waals surface area contributed by atoms with E-state index in [2.05, 4.69) is 11.4 Å². The summed E-state index contributed by atoms with van der Waals surface area (Å²) >= 11 is 6.07. The van der Waals surface area contributed by atoms with Crippen molar-refractivity contribution >= 4 is 17.3 Å². The second kappa shape index (κ2) is 6.87. The highest BCUT2D eigenvalue weighted by molar-refractivity contribution is 6.32. The molecule has 2 rings (SSSR count). The Balaban J connectivity index is 2.25. The maximum atomic E-state index is 9.10. The van der Waals surface area contributed by atoms with E-state index in [1.165, 1.54) is 0 Å². The van der Waals surface area contributed by atoms with Crippen LogP contribution in [0.3, 0.4) is 0 Å². The van der Waals surface area contributed by atoms with Crippen LogP contribution >= 0.6 is 11.6 Å². The van der Waals surface area contributed by atoms with E-state index in [0.29, 0.717) is 28.6 Å². The van der Waals surface area contributed by atoms with Gasteiger partial charge in [-0.1, -0.05) is 29.8 Å². The lowest BCUT2D eigenvalue weighted by atomic mass is 10.1. The summed E-state index contributed by atoms with van der Waals surface area (Å²) in [6.45, 7) is 0.505. The van der Waals surface area contributed by atoms with Crippen molar-refractivity contribution in [2.24, 2.45) is 0 Å². The van der Waals surface area contributed by atoms with Gasteiger partial charge in [0, 0.05) is 18.7 Å². The Bertz CT molecular complexity index is 680. The van der Waals surface area contributed by atoms with E-state index in [0.717, 1.165) is 11.3 Å². The van der Waals surface area contributed by atoms with Crippen LogP contribution in [-0.2, 0) is 6.54 Å². The molecule has 0 atom stereocenters. The molecule has 1 N–H and O–H groups in total. The number of hydrogen-bond donors (Lipinski definition) is 1. The monoisotopic (exact) mass is 302 g/mol. The number of anilines is 1. The van der Waals surface area contributed by atoms with Gasteiger partial charge in [-0.15, -0.1) is 0 Å². The number of nitrogens with zero attached hydrogens (tertiary/aromatic N) is 1. The minimum absolute atomic E-state index is 0.484. The van der Waals surface area contributed by atoms with Crippen molar-refractivity contribution in [1.29, 1.82) is 5.26 Å². The predicted molar refractivity (Wildman–Crippen MR) is 83.0 cm³/mol. The molecular formula is C16H15ClN2O2. The number of nitriles is 1. The van der Waals surface area contributed by atoms with Crippen molar-refractivity contribution in [1.82, 2.24) is 0 Å². The van der Waals surface area contributed by atoms with Crippen LogP contribution in [0.4, 0.5) is 5.69 Å². The third-order valence-electron chi connectivity index (χ3n) is 3.08. The number of rotatable bonds is 5. The van der Waals surface area contributed by atoms with Crippen LogP contribution in [0.5, 0.6) is 11.5 Å². The minimum atomic E-state index is 0.484. The highest BCUT2D eigenvalue weighted by Crippen LogP contribution is 2.36. The number of methoxy groups -OCH3 is 2.